The van der Waals surface area contributed by atoms with E-state index in [0.29, 0.717) is 0 Å². The zero-order valence-corrected chi connectivity index (χ0v) is 7.95. The van der Waals surface area contributed by atoms with Gasteiger partial charge in [-0.3, -0.25) is 0 Å². The van der Waals surface area contributed by atoms with Gasteiger partial charge in [-0.2, -0.15) is 13.2 Å². The zero-order chi connectivity index (χ0) is 9.90. The molecule has 1 aromatic carbocycles. The second-order valence-electron chi connectivity index (χ2n) is 2.71. The summed E-state index contributed by atoms with van der Waals surface area (Å²) in [4.78, 5) is 0.764. The Morgan fingerprint density at radius 1 is 1.15 bits per heavy atom. The lowest BCUT2D eigenvalue weighted by Crippen LogP contribution is -2.22. The molecule has 0 aromatic heterocycles. The van der Waals surface area contributed by atoms with Crippen LogP contribution in [0.1, 0.15) is 0 Å². The maximum atomic E-state index is 12.0. The van der Waals surface area contributed by atoms with E-state index in [-0.39, 0.29) is 0 Å². The molecule has 0 heterocycles. The molecule has 0 nitrogen and oxygen atoms in total. The fourth-order valence-corrected chi connectivity index (χ4v) is 2.26. The molecule has 72 valence electrons. The van der Waals surface area contributed by atoms with Crippen LogP contribution in [0.25, 0.3) is 0 Å². The molecule has 0 saturated carbocycles. The molecule has 0 N–H and O–H groups in total. The quantitative estimate of drug-likeness (QED) is 0.654. The van der Waals surface area contributed by atoms with Crippen molar-refractivity contribution in [1.29, 1.82) is 0 Å². The van der Waals surface area contributed by atoms with Crippen LogP contribution in [0.15, 0.2) is 35.2 Å². The summed E-state index contributed by atoms with van der Waals surface area (Å²) in [6, 6.07) is 8.78. The third kappa shape index (κ3) is 3.72. The summed E-state index contributed by atoms with van der Waals surface area (Å²) < 4.78 is 36.0. The lowest BCUT2D eigenvalue weighted by molar-refractivity contribution is -0.105. The number of benzene rings is 1. The van der Waals surface area contributed by atoms with Gasteiger partial charge in [-0.1, -0.05) is 18.2 Å². The summed E-state index contributed by atoms with van der Waals surface area (Å²) in [6.07, 6.45) is -2.45. The molecule has 0 saturated heterocycles. The van der Waals surface area contributed by atoms with Crippen LogP contribution in [-0.2, 0) is 10.9 Å². The monoisotopic (exact) mass is 207 g/mol. The van der Waals surface area contributed by atoms with E-state index in [1.165, 1.54) is 0 Å². The molecule has 1 unspecified atom stereocenters. The topological polar surface area (TPSA) is 0 Å². The first kappa shape index (κ1) is 10.4. The van der Waals surface area contributed by atoms with Gasteiger partial charge in [0.25, 0.3) is 0 Å². The lowest BCUT2D eigenvalue weighted by atomic mass is 10.4. The van der Waals surface area contributed by atoms with Crippen molar-refractivity contribution in [3.8, 4) is 0 Å². The molecule has 0 aliphatic rings. The lowest BCUT2D eigenvalue weighted by Gasteiger charge is -2.05. The molecule has 1 atom stereocenters. The van der Waals surface area contributed by atoms with Crippen LogP contribution in [0.2, 0.25) is 0 Å². The molecule has 0 aliphatic heterocycles. The summed E-state index contributed by atoms with van der Waals surface area (Å²) in [6.45, 7) is 0. The van der Waals surface area contributed by atoms with Crippen molar-refractivity contribution in [2.75, 3.05) is 12.0 Å². The Labute approximate surface area is 78.1 Å². The zero-order valence-electron chi connectivity index (χ0n) is 7.14. The first-order valence-corrected chi connectivity index (χ1v) is 5.53. The minimum absolute atomic E-state index is 0.725. The smallest absolute Gasteiger partial charge is 0.166 e. The molecule has 0 spiro atoms. The van der Waals surface area contributed by atoms with Crippen LogP contribution in [0.4, 0.5) is 13.2 Å². The number of rotatable bonds is 2. The van der Waals surface area contributed by atoms with Crippen molar-refractivity contribution in [1.82, 2.24) is 0 Å². The van der Waals surface area contributed by atoms with Gasteiger partial charge in [-0.25, -0.2) is 0 Å². The number of hydrogen-bond donors (Lipinski definition) is 0. The molecule has 13 heavy (non-hydrogen) atoms. The molecule has 0 amide bonds. The first-order chi connectivity index (χ1) is 5.99. The third-order valence-corrected chi connectivity index (χ3v) is 3.36. The van der Waals surface area contributed by atoms with Gasteiger partial charge in [0.15, 0.2) is 4.90 Å². The van der Waals surface area contributed by atoms with Crippen molar-refractivity contribution in [3.63, 3.8) is 0 Å². The van der Waals surface area contributed by atoms with Gasteiger partial charge in [0.1, 0.15) is 6.26 Å². The third-order valence-electron chi connectivity index (χ3n) is 1.53. The number of halogens is 3. The van der Waals surface area contributed by atoms with Crippen LogP contribution in [-0.4, -0.2) is 18.2 Å². The fraction of sp³-hybridized carbons (Fsp3) is 0.333. The van der Waals surface area contributed by atoms with Crippen molar-refractivity contribution in [3.05, 3.63) is 30.3 Å². The first-order valence-electron chi connectivity index (χ1n) is 3.73. The highest BCUT2D eigenvalue weighted by atomic mass is 32.2. The van der Waals surface area contributed by atoms with Gasteiger partial charge in [-0.05, 0) is 12.1 Å². The van der Waals surface area contributed by atoms with Crippen LogP contribution < -0.4 is 0 Å². The predicted molar refractivity (Wildman–Crippen MR) is 48.9 cm³/mol. The van der Waals surface area contributed by atoms with Crippen LogP contribution >= 0.6 is 0 Å². The average molecular weight is 207 g/mol. The van der Waals surface area contributed by atoms with Crippen molar-refractivity contribution in [2.45, 2.75) is 11.1 Å². The molecule has 0 bridgehead atoms. The molecule has 1 rings (SSSR count). The standard InChI is InChI=1S/C9H10F3S/c1-13(7-9(10,11)12)8-5-3-2-4-6-8/h2-6H,7H2,1H3/q+1. The van der Waals surface area contributed by atoms with Gasteiger partial charge in [0, 0.05) is 10.9 Å². The highest BCUT2D eigenvalue weighted by molar-refractivity contribution is 7.96. The number of hydrogen-bond acceptors (Lipinski definition) is 0. The Morgan fingerprint density at radius 2 is 1.69 bits per heavy atom. The molecule has 1 aromatic rings. The van der Waals surface area contributed by atoms with E-state index >= 15 is 0 Å². The van der Waals surface area contributed by atoms with Gasteiger partial charge < -0.3 is 0 Å². The van der Waals surface area contributed by atoms with E-state index in [2.05, 4.69) is 0 Å². The second kappa shape index (κ2) is 4.05. The maximum Gasteiger partial charge on any atom is 0.433 e. The molecular formula is C9H10F3S+. The molecule has 0 fully saturated rings. The van der Waals surface area contributed by atoms with Gasteiger partial charge in [0.05, 0.1) is 0 Å². The average Bonchev–Trinajstić information content (AvgIpc) is 2.03. The largest absolute Gasteiger partial charge is 0.433 e. The van der Waals surface area contributed by atoms with E-state index in [1.54, 1.807) is 36.6 Å². The van der Waals surface area contributed by atoms with Crippen LogP contribution in [0.3, 0.4) is 0 Å². The Bertz CT molecular complexity index is 255. The Balaban J connectivity index is 2.64. The van der Waals surface area contributed by atoms with E-state index < -0.39 is 22.8 Å². The molecule has 4 heteroatoms. The SMILES string of the molecule is C[S+](CC(F)(F)F)c1ccccc1. The minimum atomic E-state index is -4.06. The summed E-state index contributed by atoms with van der Waals surface area (Å²) in [5.41, 5.74) is 0. The summed E-state index contributed by atoms with van der Waals surface area (Å²) in [5.74, 6) is -0.725. The maximum absolute atomic E-state index is 12.0. The van der Waals surface area contributed by atoms with Crippen molar-refractivity contribution in [2.24, 2.45) is 0 Å². The van der Waals surface area contributed by atoms with E-state index in [0.717, 1.165) is 4.90 Å². The van der Waals surface area contributed by atoms with Crippen molar-refractivity contribution >= 4 is 10.9 Å². The summed E-state index contributed by atoms with van der Waals surface area (Å²) in [5, 5.41) is 0. The number of alkyl halides is 3. The molecular weight excluding hydrogens is 197 g/mol. The van der Waals surface area contributed by atoms with E-state index in [4.69, 9.17) is 0 Å². The van der Waals surface area contributed by atoms with E-state index in [9.17, 15) is 13.2 Å². The Kier molecular flexibility index (Phi) is 3.25. The van der Waals surface area contributed by atoms with Gasteiger partial charge in [0.2, 0.25) is 5.75 Å². The Morgan fingerprint density at radius 3 is 2.15 bits per heavy atom. The predicted octanol–water partition coefficient (Wildman–Crippen LogP) is 2.86. The summed E-state index contributed by atoms with van der Waals surface area (Å²) in [7, 11) is -0.728. The minimum Gasteiger partial charge on any atom is -0.166 e. The van der Waals surface area contributed by atoms with Gasteiger partial charge >= 0.3 is 6.18 Å². The van der Waals surface area contributed by atoms with Gasteiger partial charge in [-0.15, -0.1) is 0 Å². The highest BCUT2D eigenvalue weighted by Gasteiger charge is 2.37. The fourth-order valence-electron chi connectivity index (χ4n) is 0.982. The summed E-state index contributed by atoms with van der Waals surface area (Å²) >= 11 is 0. The van der Waals surface area contributed by atoms with E-state index in [1.807, 2.05) is 0 Å². The normalized spacial score (nSPS) is 14.2. The van der Waals surface area contributed by atoms with Crippen molar-refractivity contribution < 1.29 is 13.2 Å². The van der Waals surface area contributed by atoms with Crippen LogP contribution in [0, 0.1) is 0 Å². The second-order valence-corrected chi connectivity index (χ2v) is 4.74. The highest BCUT2D eigenvalue weighted by Crippen LogP contribution is 2.22. The molecule has 0 radical (unpaired) electrons. The Hall–Kier alpha value is -0.640. The molecule has 0 aliphatic carbocycles. The van der Waals surface area contributed by atoms with Crippen LogP contribution in [0.5, 0.6) is 0 Å².